The van der Waals surface area contributed by atoms with Crippen molar-refractivity contribution in [2.75, 3.05) is 24.5 Å². The molecular formula is C12H20N4. The molecule has 0 spiro atoms. The Morgan fingerprint density at radius 2 is 2.06 bits per heavy atom. The molecule has 0 aromatic carbocycles. The van der Waals surface area contributed by atoms with E-state index in [4.69, 9.17) is 5.73 Å². The molecule has 1 aromatic rings. The molecule has 0 bridgehead atoms. The molecule has 0 saturated carbocycles. The number of nitrogens with zero attached hydrogens (tertiary/aromatic N) is 3. The third-order valence-corrected chi connectivity index (χ3v) is 2.98. The van der Waals surface area contributed by atoms with Gasteiger partial charge in [0.1, 0.15) is 0 Å². The highest BCUT2D eigenvalue weighted by atomic mass is 15.2. The Labute approximate surface area is 96.9 Å². The lowest BCUT2D eigenvalue weighted by atomic mass is 10.1. The van der Waals surface area contributed by atoms with Crippen molar-refractivity contribution in [3.8, 4) is 0 Å². The van der Waals surface area contributed by atoms with Crippen molar-refractivity contribution >= 4 is 5.95 Å². The van der Waals surface area contributed by atoms with Gasteiger partial charge >= 0.3 is 0 Å². The molecule has 1 aliphatic rings. The van der Waals surface area contributed by atoms with E-state index in [2.05, 4.69) is 14.9 Å². The number of rotatable bonds is 4. The highest BCUT2D eigenvalue weighted by Gasteiger charge is 2.13. The van der Waals surface area contributed by atoms with Crippen molar-refractivity contribution in [2.24, 2.45) is 5.73 Å². The molecule has 1 aliphatic heterocycles. The van der Waals surface area contributed by atoms with E-state index in [1.54, 1.807) is 0 Å². The normalized spacial score (nSPS) is 16.4. The molecule has 2 N–H and O–H groups in total. The fourth-order valence-corrected chi connectivity index (χ4v) is 2.05. The number of piperidine rings is 1. The number of aryl methyl sites for hydroxylation is 1. The molecule has 0 radical (unpaired) electrons. The first-order valence-electron chi connectivity index (χ1n) is 6.17. The van der Waals surface area contributed by atoms with Gasteiger partial charge in [-0.3, -0.25) is 0 Å². The SMILES string of the molecule is NCCCc1ccnc(N2CCCCC2)n1. The van der Waals surface area contributed by atoms with Gasteiger partial charge in [0, 0.05) is 25.0 Å². The number of hydrogen-bond donors (Lipinski definition) is 1. The summed E-state index contributed by atoms with van der Waals surface area (Å²) >= 11 is 0. The van der Waals surface area contributed by atoms with Gasteiger partial charge in [0.2, 0.25) is 5.95 Å². The summed E-state index contributed by atoms with van der Waals surface area (Å²) in [4.78, 5) is 11.2. The Hall–Kier alpha value is -1.16. The van der Waals surface area contributed by atoms with E-state index in [1.165, 1.54) is 19.3 Å². The topological polar surface area (TPSA) is 55.0 Å². The summed E-state index contributed by atoms with van der Waals surface area (Å²) in [6.07, 6.45) is 7.68. The average molecular weight is 220 g/mol. The maximum Gasteiger partial charge on any atom is 0.225 e. The Bertz CT molecular complexity index is 321. The zero-order valence-electron chi connectivity index (χ0n) is 9.73. The quantitative estimate of drug-likeness (QED) is 0.832. The highest BCUT2D eigenvalue weighted by Crippen LogP contribution is 2.15. The van der Waals surface area contributed by atoms with E-state index >= 15 is 0 Å². The lowest BCUT2D eigenvalue weighted by Crippen LogP contribution is -2.31. The summed E-state index contributed by atoms with van der Waals surface area (Å²) < 4.78 is 0. The van der Waals surface area contributed by atoms with Crippen LogP contribution in [0.5, 0.6) is 0 Å². The van der Waals surface area contributed by atoms with Crippen LogP contribution in [0.1, 0.15) is 31.4 Å². The molecule has 0 atom stereocenters. The Kier molecular flexibility index (Phi) is 4.10. The van der Waals surface area contributed by atoms with E-state index in [1.807, 2.05) is 12.3 Å². The summed E-state index contributed by atoms with van der Waals surface area (Å²) in [6, 6.07) is 1.99. The molecule has 2 rings (SSSR count). The molecule has 4 nitrogen and oxygen atoms in total. The van der Waals surface area contributed by atoms with Crippen molar-refractivity contribution in [2.45, 2.75) is 32.1 Å². The minimum Gasteiger partial charge on any atom is -0.341 e. The van der Waals surface area contributed by atoms with Gasteiger partial charge in [-0.05, 0) is 44.7 Å². The Morgan fingerprint density at radius 3 is 2.81 bits per heavy atom. The number of anilines is 1. The van der Waals surface area contributed by atoms with Crippen LogP contribution < -0.4 is 10.6 Å². The minimum absolute atomic E-state index is 0.725. The zero-order chi connectivity index (χ0) is 11.2. The number of nitrogens with two attached hydrogens (primary N) is 1. The van der Waals surface area contributed by atoms with Crippen molar-refractivity contribution in [3.05, 3.63) is 18.0 Å². The summed E-state index contributed by atoms with van der Waals surface area (Å²) in [6.45, 7) is 2.92. The Balaban J connectivity index is 2.02. The first-order chi connectivity index (χ1) is 7.90. The molecule has 1 fully saturated rings. The summed E-state index contributed by atoms with van der Waals surface area (Å²) in [7, 11) is 0. The number of hydrogen-bond acceptors (Lipinski definition) is 4. The van der Waals surface area contributed by atoms with Gasteiger partial charge in [-0.15, -0.1) is 0 Å². The first kappa shape index (κ1) is 11.3. The van der Waals surface area contributed by atoms with Crippen LogP contribution in [0.2, 0.25) is 0 Å². The van der Waals surface area contributed by atoms with Crippen LogP contribution in [0.3, 0.4) is 0 Å². The van der Waals surface area contributed by atoms with E-state index < -0.39 is 0 Å². The second-order valence-electron chi connectivity index (χ2n) is 4.29. The summed E-state index contributed by atoms with van der Waals surface area (Å²) in [5, 5.41) is 0. The van der Waals surface area contributed by atoms with Crippen LogP contribution in [0.25, 0.3) is 0 Å². The number of aromatic nitrogens is 2. The van der Waals surface area contributed by atoms with Gasteiger partial charge < -0.3 is 10.6 Å². The molecule has 0 unspecified atom stereocenters. The zero-order valence-corrected chi connectivity index (χ0v) is 9.73. The molecular weight excluding hydrogens is 200 g/mol. The van der Waals surface area contributed by atoms with Crippen molar-refractivity contribution in [1.29, 1.82) is 0 Å². The van der Waals surface area contributed by atoms with Crippen LogP contribution in [-0.2, 0) is 6.42 Å². The first-order valence-corrected chi connectivity index (χ1v) is 6.17. The third kappa shape index (κ3) is 2.92. The maximum atomic E-state index is 5.50. The molecule has 1 aromatic heterocycles. The Morgan fingerprint density at radius 1 is 1.25 bits per heavy atom. The monoisotopic (exact) mass is 220 g/mol. The molecule has 88 valence electrons. The molecule has 2 heterocycles. The van der Waals surface area contributed by atoms with Crippen LogP contribution >= 0.6 is 0 Å². The van der Waals surface area contributed by atoms with Crippen molar-refractivity contribution in [3.63, 3.8) is 0 Å². The lowest BCUT2D eigenvalue weighted by Gasteiger charge is -2.26. The standard InChI is InChI=1S/C12H20N4/c13-7-4-5-11-6-8-14-12(15-11)16-9-2-1-3-10-16/h6,8H,1-5,7,9-10,13H2. The van der Waals surface area contributed by atoms with Crippen LogP contribution in [0, 0.1) is 0 Å². The van der Waals surface area contributed by atoms with Crippen LogP contribution in [-0.4, -0.2) is 29.6 Å². The fourth-order valence-electron chi connectivity index (χ4n) is 2.05. The van der Waals surface area contributed by atoms with E-state index in [9.17, 15) is 0 Å². The highest BCUT2D eigenvalue weighted by molar-refractivity contribution is 5.30. The second-order valence-corrected chi connectivity index (χ2v) is 4.29. The van der Waals surface area contributed by atoms with E-state index in [-0.39, 0.29) is 0 Å². The largest absolute Gasteiger partial charge is 0.341 e. The van der Waals surface area contributed by atoms with E-state index in [0.717, 1.165) is 44.1 Å². The van der Waals surface area contributed by atoms with Gasteiger partial charge in [-0.2, -0.15) is 0 Å². The van der Waals surface area contributed by atoms with Crippen molar-refractivity contribution in [1.82, 2.24) is 9.97 Å². The van der Waals surface area contributed by atoms with Crippen LogP contribution in [0.15, 0.2) is 12.3 Å². The van der Waals surface area contributed by atoms with Gasteiger partial charge in [0.05, 0.1) is 0 Å². The molecule has 0 aliphatic carbocycles. The van der Waals surface area contributed by atoms with Gasteiger partial charge in [0.25, 0.3) is 0 Å². The fraction of sp³-hybridized carbons (Fsp3) is 0.667. The third-order valence-electron chi connectivity index (χ3n) is 2.98. The molecule has 1 saturated heterocycles. The average Bonchev–Trinajstić information content (AvgIpc) is 2.38. The van der Waals surface area contributed by atoms with Crippen molar-refractivity contribution < 1.29 is 0 Å². The molecule has 16 heavy (non-hydrogen) atoms. The predicted molar refractivity (Wildman–Crippen MR) is 65.5 cm³/mol. The molecule has 0 amide bonds. The van der Waals surface area contributed by atoms with Gasteiger partial charge in [-0.25, -0.2) is 9.97 Å². The van der Waals surface area contributed by atoms with Gasteiger partial charge in [0.15, 0.2) is 0 Å². The van der Waals surface area contributed by atoms with E-state index in [0.29, 0.717) is 0 Å². The smallest absolute Gasteiger partial charge is 0.225 e. The van der Waals surface area contributed by atoms with Gasteiger partial charge in [-0.1, -0.05) is 0 Å². The predicted octanol–water partition coefficient (Wildman–Crippen LogP) is 1.36. The summed E-state index contributed by atoms with van der Waals surface area (Å²) in [5.41, 5.74) is 6.62. The minimum atomic E-state index is 0.725. The maximum absolute atomic E-state index is 5.50. The second kappa shape index (κ2) is 5.80. The lowest BCUT2D eigenvalue weighted by molar-refractivity contribution is 0.567. The molecule has 4 heteroatoms. The summed E-state index contributed by atoms with van der Waals surface area (Å²) in [5.74, 6) is 0.897. The van der Waals surface area contributed by atoms with Crippen LogP contribution in [0.4, 0.5) is 5.95 Å².